The van der Waals surface area contributed by atoms with Crippen LogP contribution in [0.2, 0.25) is 0 Å². The molecule has 0 spiro atoms. The van der Waals surface area contributed by atoms with Crippen molar-refractivity contribution in [2.45, 2.75) is 76.4 Å². The number of pyridine rings is 1. The van der Waals surface area contributed by atoms with Crippen molar-refractivity contribution in [1.82, 2.24) is 9.88 Å². The van der Waals surface area contributed by atoms with Gasteiger partial charge in [-0.1, -0.05) is 44.2 Å². The van der Waals surface area contributed by atoms with E-state index in [1.54, 1.807) is 24.5 Å². The van der Waals surface area contributed by atoms with Crippen molar-refractivity contribution in [3.8, 4) is 0 Å². The molecule has 2 unspecified atom stereocenters. The number of benzene rings is 1. The topological polar surface area (TPSA) is 88.3 Å². The molecule has 2 amide bonds. The number of aromatic nitrogens is 1. The summed E-state index contributed by atoms with van der Waals surface area (Å²) < 4.78 is 0. The third-order valence-electron chi connectivity index (χ3n) is 6.90. The van der Waals surface area contributed by atoms with Crippen LogP contribution in [-0.4, -0.2) is 33.8 Å². The van der Waals surface area contributed by atoms with Crippen molar-refractivity contribution in [2.24, 2.45) is 11.7 Å². The molecule has 2 atom stereocenters. The number of anilines is 1. The minimum atomic E-state index is -0.172. The summed E-state index contributed by atoms with van der Waals surface area (Å²) in [5, 5.41) is 2.96. The first-order chi connectivity index (χ1) is 15.6. The predicted octanol–water partition coefficient (Wildman–Crippen LogP) is 4.51. The molecule has 0 aliphatic heterocycles. The van der Waals surface area contributed by atoms with E-state index in [9.17, 15) is 9.59 Å². The fourth-order valence-electron chi connectivity index (χ4n) is 5.12. The second-order valence-electron chi connectivity index (χ2n) is 9.21. The molecule has 0 radical (unpaired) electrons. The highest BCUT2D eigenvalue weighted by atomic mass is 16.2. The van der Waals surface area contributed by atoms with E-state index < -0.39 is 0 Å². The Hall–Kier alpha value is -2.73. The number of amides is 2. The Morgan fingerprint density at radius 2 is 1.69 bits per heavy atom. The second-order valence-corrected chi connectivity index (χ2v) is 9.21. The van der Waals surface area contributed by atoms with Gasteiger partial charge in [0.25, 0.3) is 5.91 Å². The van der Waals surface area contributed by atoms with Crippen molar-refractivity contribution in [1.29, 1.82) is 0 Å². The van der Waals surface area contributed by atoms with E-state index >= 15 is 0 Å². The molecule has 2 fully saturated rings. The van der Waals surface area contributed by atoms with Gasteiger partial charge in [-0.3, -0.25) is 14.6 Å². The lowest BCUT2D eigenvalue weighted by molar-refractivity contribution is -0.141. The monoisotopic (exact) mass is 434 g/mol. The van der Waals surface area contributed by atoms with Gasteiger partial charge in [0, 0.05) is 48.2 Å². The summed E-state index contributed by atoms with van der Waals surface area (Å²) in [6.45, 7) is 0.534. The average Bonchev–Trinajstić information content (AvgIpc) is 2.84. The van der Waals surface area contributed by atoms with Gasteiger partial charge in [0.2, 0.25) is 5.91 Å². The van der Waals surface area contributed by atoms with E-state index in [0.29, 0.717) is 12.1 Å². The van der Waals surface area contributed by atoms with Crippen LogP contribution in [0.3, 0.4) is 0 Å². The maximum atomic E-state index is 13.6. The molecule has 6 nitrogen and oxygen atoms in total. The minimum Gasteiger partial charge on any atom is -0.334 e. The van der Waals surface area contributed by atoms with Gasteiger partial charge in [0.1, 0.15) is 0 Å². The number of hydrogen-bond acceptors (Lipinski definition) is 4. The van der Waals surface area contributed by atoms with Crippen LogP contribution in [-0.2, 0) is 11.3 Å². The molecule has 2 aliphatic carbocycles. The molecule has 2 saturated carbocycles. The summed E-state index contributed by atoms with van der Waals surface area (Å²) in [4.78, 5) is 32.1. The second kappa shape index (κ2) is 10.7. The van der Waals surface area contributed by atoms with E-state index in [1.165, 1.54) is 6.42 Å². The van der Waals surface area contributed by atoms with Crippen molar-refractivity contribution in [3.05, 3.63) is 59.9 Å². The van der Waals surface area contributed by atoms with Gasteiger partial charge in [-0.2, -0.15) is 0 Å². The van der Waals surface area contributed by atoms with Crippen LogP contribution in [0.1, 0.15) is 73.7 Å². The highest BCUT2D eigenvalue weighted by molar-refractivity contribution is 6.04. The van der Waals surface area contributed by atoms with Crippen molar-refractivity contribution in [3.63, 3.8) is 0 Å². The lowest BCUT2D eigenvalue weighted by Crippen LogP contribution is -2.53. The largest absolute Gasteiger partial charge is 0.334 e. The van der Waals surface area contributed by atoms with Gasteiger partial charge in [0.05, 0.1) is 0 Å². The summed E-state index contributed by atoms with van der Waals surface area (Å²) in [5.74, 6) is 0.208. The number of carbonyl (C=O) groups is 2. The number of hydrogen-bond donors (Lipinski definition) is 2. The van der Waals surface area contributed by atoms with Crippen molar-refractivity contribution >= 4 is 17.5 Å². The first kappa shape index (κ1) is 22.5. The fraction of sp³-hybridized carbons (Fsp3) is 0.500. The Labute approximate surface area is 190 Å². The molecule has 4 rings (SSSR count). The van der Waals surface area contributed by atoms with Crippen molar-refractivity contribution in [2.75, 3.05) is 5.32 Å². The maximum absolute atomic E-state index is 13.6. The Bertz CT molecular complexity index is 911. The normalized spacial score (nSPS) is 21.7. The molecule has 2 aromatic rings. The molecule has 170 valence electrons. The van der Waals surface area contributed by atoms with E-state index in [-0.39, 0.29) is 29.8 Å². The summed E-state index contributed by atoms with van der Waals surface area (Å²) in [6, 6.07) is 11.3. The molecular formula is C26H34N4O2. The van der Waals surface area contributed by atoms with Gasteiger partial charge in [-0.15, -0.1) is 0 Å². The Balaban J connectivity index is 1.51. The van der Waals surface area contributed by atoms with Crippen LogP contribution in [0.25, 0.3) is 0 Å². The van der Waals surface area contributed by atoms with E-state index in [4.69, 9.17) is 5.73 Å². The lowest BCUT2D eigenvalue weighted by Gasteiger charge is -2.40. The Morgan fingerprint density at radius 1 is 0.969 bits per heavy atom. The molecule has 6 heteroatoms. The van der Waals surface area contributed by atoms with Crippen molar-refractivity contribution < 1.29 is 9.59 Å². The molecule has 0 bridgehead atoms. The highest BCUT2D eigenvalue weighted by Gasteiger charge is 2.34. The third-order valence-corrected chi connectivity index (χ3v) is 6.90. The standard InChI is InChI=1S/C26H34N4O2/c27-23-11-4-5-12-24(23)30(26(32)21-8-2-1-3-9-21)18-19-7-6-10-22(17-19)29-25(31)20-13-15-28-16-14-20/h6-7,10,13-17,21,23-24H,1-5,8-9,11-12,18,27H2,(H,29,31). The molecule has 1 aromatic carbocycles. The molecule has 0 saturated heterocycles. The quantitative estimate of drug-likeness (QED) is 0.700. The zero-order chi connectivity index (χ0) is 22.3. The molecule has 3 N–H and O–H groups in total. The summed E-state index contributed by atoms with van der Waals surface area (Å²) in [6.07, 6.45) is 12.9. The van der Waals surface area contributed by atoms with Crippen LogP contribution < -0.4 is 11.1 Å². The molecule has 2 aliphatic rings. The minimum absolute atomic E-state index is 0.0332. The summed E-state index contributed by atoms with van der Waals surface area (Å²) in [5.41, 5.74) is 8.81. The van der Waals surface area contributed by atoms with E-state index in [1.807, 2.05) is 24.3 Å². The van der Waals surface area contributed by atoms with E-state index in [0.717, 1.165) is 62.6 Å². The van der Waals surface area contributed by atoms with Gasteiger partial charge < -0.3 is 16.0 Å². The molecule has 1 aromatic heterocycles. The predicted molar refractivity (Wildman–Crippen MR) is 126 cm³/mol. The Kier molecular flexibility index (Phi) is 7.53. The first-order valence-corrected chi connectivity index (χ1v) is 12.0. The number of carbonyl (C=O) groups excluding carboxylic acids is 2. The smallest absolute Gasteiger partial charge is 0.255 e. The van der Waals surface area contributed by atoms with Gasteiger partial charge in [-0.05, 0) is 55.5 Å². The fourth-order valence-corrected chi connectivity index (χ4v) is 5.12. The van der Waals surface area contributed by atoms with Crippen LogP contribution >= 0.6 is 0 Å². The number of rotatable bonds is 6. The van der Waals surface area contributed by atoms with Crippen LogP contribution in [0, 0.1) is 5.92 Å². The van der Waals surface area contributed by atoms with Crippen LogP contribution in [0.4, 0.5) is 5.69 Å². The number of nitrogens with two attached hydrogens (primary N) is 1. The lowest BCUT2D eigenvalue weighted by atomic mass is 9.85. The number of nitrogens with one attached hydrogen (secondary N) is 1. The molecular weight excluding hydrogens is 400 g/mol. The highest BCUT2D eigenvalue weighted by Crippen LogP contribution is 2.30. The SMILES string of the molecule is NC1CCCCC1N(Cc1cccc(NC(=O)c2ccncc2)c1)C(=O)C1CCCCC1. The zero-order valence-electron chi connectivity index (χ0n) is 18.7. The molecule has 32 heavy (non-hydrogen) atoms. The zero-order valence-corrected chi connectivity index (χ0v) is 18.7. The van der Waals surface area contributed by atoms with Gasteiger partial charge in [0.15, 0.2) is 0 Å². The van der Waals surface area contributed by atoms with Crippen LogP contribution in [0.5, 0.6) is 0 Å². The van der Waals surface area contributed by atoms with E-state index in [2.05, 4.69) is 15.2 Å². The summed E-state index contributed by atoms with van der Waals surface area (Å²) >= 11 is 0. The Morgan fingerprint density at radius 3 is 2.44 bits per heavy atom. The van der Waals surface area contributed by atoms with Gasteiger partial charge >= 0.3 is 0 Å². The van der Waals surface area contributed by atoms with Gasteiger partial charge in [-0.25, -0.2) is 0 Å². The van der Waals surface area contributed by atoms with Crippen LogP contribution in [0.15, 0.2) is 48.8 Å². The maximum Gasteiger partial charge on any atom is 0.255 e. The number of nitrogens with zero attached hydrogens (tertiary/aromatic N) is 2. The summed E-state index contributed by atoms with van der Waals surface area (Å²) in [7, 11) is 0. The third kappa shape index (κ3) is 5.54. The average molecular weight is 435 g/mol. The molecule has 1 heterocycles. The first-order valence-electron chi connectivity index (χ1n) is 12.0.